The maximum absolute atomic E-state index is 12.0. The summed E-state index contributed by atoms with van der Waals surface area (Å²) in [6.45, 7) is 2.18. The van der Waals surface area contributed by atoms with Crippen LogP contribution in [0.2, 0.25) is 0 Å². The van der Waals surface area contributed by atoms with Gasteiger partial charge in [-0.05, 0) is 56.4 Å². The molecule has 2 fully saturated rings. The lowest BCUT2D eigenvalue weighted by molar-refractivity contribution is -0.115. The van der Waals surface area contributed by atoms with E-state index in [1.807, 2.05) is 24.3 Å². The fourth-order valence-corrected chi connectivity index (χ4v) is 3.58. The van der Waals surface area contributed by atoms with Crippen LogP contribution in [0.4, 0.5) is 16.2 Å². The van der Waals surface area contributed by atoms with Gasteiger partial charge in [-0.2, -0.15) is 0 Å². The lowest BCUT2D eigenvalue weighted by atomic mass is 10.1. The van der Waals surface area contributed by atoms with Gasteiger partial charge in [0.25, 0.3) is 0 Å². The highest BCUT2D eigenvalue weighted by atomic mass is 16.2. The van der Waals surface area contributed by atoms with Crippen molar-refractivity contribution in [3.05, 3.63) is 24.3 Å². The zero-order valence-corrected chi connectivity index (χ0v) is 14.7. The molecule has 3 amide bonds. The summed E-state index contributed by atoms with van der Waals surface area (Å²) in [6.07, 6.45) is 8.19. The lowest BCUT2D eigenvalue weighted by Gasteiger charge is -2.28. The first kappa shape index (κ1) is 17.6. The molecule has 1 aliphatic heterocycles. The molecule has 1 aliphatic carbocycles. The van der Waals surface area contributed by atoms with Crippen LogP contribution in [-0.4, -0.2) is 37.6 Å². The highest BCUT2D eigenvalue weighted by Gasteiger charge is 2.17. The maximum atomic E-state index is 12.0. The molecule has 1 saturated carbocycles. The Morgan fingerprint density at radius 1 is 0.960 bits per heavy atom. The number of benzene rings is 1. The second kappa shape index (κ2) is 8.74. The fourth-order valence-electron chi connectivity index (χ4n) is 3.58. The minimum Gasteiger partial charge on any atom is -0.372 e. The van der Waals surface area contributed by atoms with E-state index in [1.165, 1.54) is 37.8 Å². The van der Waals surface area contributed by atoms with Crippen LogP contribution in [0, 0.1) is 0 Å². The van der Waals surface area contributed by atoms with Gasteiger partial charge >= 0.3 is 6.03 Å². The van der Waals surface area contributed by atoms with Crippen molar-refractivity contribution in [2.24, 2.45) is 0 Å². The number of amides is 3. The van der Waals surface area contributed by atoms with Crippen LogP contribution in [0.5, 0.6) is 0 Å². The van der Waals surface area contributed by atoms with Crippen LogP contribution >= 0.6 is 0 Å². The van der Waals surface area contributed by atoms with E-state index in [9.17, 15) is 9.59 Å². The van der Waals surface area contributed by atoms with Gasteiger partial charge in [0, 0.05) is 30.5 Å². The highest BCUT2D eigenvalue weighted by Crippen LogP contribution is 2.21. The molecule has 0 atom stereocenters. The van der Waals surface area contributed by atoms with Crippen LogP contribution in [-0.2, 0) is 4.79 Å². The Labute approximate surface area is 149 Å². The molecule has 6 nitrogen and oxygen atoms in total. The van der Waals surface area contributed by atoms with Crippen molar-refractivity contribution < 1.29 is 9.59 Å². The number of urea groups is 1. The van der Waals surface area contributed by atoms with E-state index in [2.05, 4.69) is 20.9 Å². The second-order valence-corrected chi connectivity index (χ2v) is 6.95. The van der Waals surface area contributed by atoms with E-state index in [4.69, 9.17) is 0 Å². The zero-order chi connectivity index (χ0) is 17.5. The molecule has 3 rings (SSSR count). The largest absolute Gasteiger partial charge is 0.372 e. The molecule has 2 aliphatic rings. The van der Waals surface area contributed by atoms with Crippen LogP contribution in [0.1, 0.15) is 44.9 Å². The van der Waals surface area contributed by atoms with Crippen LogP contribution in [0.15, 0.2) is 24.3 Å². The Morgan fingerprint density at radius 3 is 2.32 bits per heavy atom. The highest BCUT2D eigenvalue weighted by molar-refractivity contribution is 5.94. The van der Waals surface area contributed by atoms with Crippen molar-refractivity contribution in [1.82, 2.24) is 10.6 Å². The predicted molar refractivity (Wildman–Crippen MR) is 99.9 cm³/mol. The smallest absolute Gasteiger partial charge is 0.315 e. The van der Waals surface area contributed by atoms with Crippen LogP contribution < -0.4 is 20.9 Å². The zero-order valence-electron chi connectivity index (χ0n) is 14.7. The SMILES string of the molecule is O=C(CNC(=O)NC1CCCC1)Nc1ccc(N2CCCCC2)cc1. The number of anilines is 2. The maximum Gasteiger partial charge on any atom is 0.315 e. The molecule has 25 heavy (non-hydrogen) atoms. The van der Waals surface area contributed by atoms with Gasteiger partial charge < -0.3 is 20.9 Å². The minimum atomic E-state index is -0.262. The van der Waals surface area contributed by atoms with Gasteiger partial charge in [0.15, 0.2) is 0 Å². The Morgan fingerprint density at radius 2 is 1.64 bits per heavy atom. The van der Waals surface area contributed by atoms with Gasteiger partial charge in [0.05, 0.1) is 6.54 Å². The molecule has 0 radical (unpaired) electrons. The van der Waals surface area contributed by atoms with Gasteiger partial charge in [-0.1, -0.05) is 12.8 Å². The summed E-state index contributed by atoms with van der Waals surface area (Å²) in [6, 6.07) is 7.91. The number of carbonyl (C=O) groups excluding carboxylic acids is 2. The third-order valence-electron chi connectivity index (χ3n) is 4.97. The average Bonchev–Trinajstić information content (AvgIpc) is 3.14. The Kier molecular flexibility index (Phi) is 6.14. The Hall–Kier alpha value is -2.24. The van der Waals surface area contributed by atoms with Gasteiger partial charge in [-0.15, -0.1) is 0 Å². The second-order valence-electron chi connectivity index (χ2n) is 6.95. The quantitative estimate of drug-likeness (QED) is 0.769. The van der Waals surface area contributed by atoms with Crippen molar-refractivity contribution in [2.75, 3.05) is 29.9 Å². The number of nitrogens with one attached hydrogen (secondary N) is 3. The molecule has 0 aromatic heterocycles. The molecule has 1 aromatic carbocycles. The van der Waals surface area contributed by atoms with Crippen molar-refractivity contribution >= 4 is 23.3 Å². The van der Waals surface area contributed by atoms with Crippen molar-refractivity contribution in [1.29, 1.82) is 0 Å². The van der Waals surface area contributed by atoms with E-state index >= 15 is 0 Å². The standard InChI is InChI=1S/C19H28N4O2/c24-18(14-20-19(25)22-15-6-2-3-7-15)21-16-8-10-17(11-9-16)23-12-4-1-5-13-23/h8-11,15H,1-7,12-14H2,(H,21,24)(H2,20,22,25). The molecule has 1 aromatic rings. The fraction of sp³-hybridized carbons (Fsp3) is 0.579. The van der Waals surface area contributed by atoms with E-state index in [-0.39, 0.29) is 24.5 Å². The van der Waals surface area contributed by atoms with E-state index in [1.54, 1.807) is 0 Å². The van der Waals surface area contributed by atoms with E-state index in [0.29, 0.717) is 0 Å². The monoisotopic (exact) mass is 344 g/mol. The van der Waals surface area contributed by atoms with Crippen molar-refractivity contribution in [2.45, 2.75) is 51.0 Å². The average molecular weight is 344 g/mol. The van der Waals surface area contributed by atoms with Crippen molar-refractivity contribution in [3.8, 4) is 0 Å². The Bertz CT molecular complexity index is 576. The first-order chi connectivity index (χ1) is 12.2. The van der Waals surface area contributed by atoms with Gasteiger partial charge in [-0.3, -0.25) is 4.79 Å². The van der Waals surface area contributed by atoms with Crippen LogP contribution in [0.3, 0.4) is 0 Å². The third-order valence-corrected chi connectivity index (χ3v) is 4.97. The first-order valence-electron chi connectivity index (χ1n) is 9.40. The molecule has 6 heteroatoms. The molecule has 1 heterocycles. The van der Waals surface area contributed by atoms with E-state index in [0.717, 1.165) is 31.6 Å². The summed E-state index contributed by atoms with van der Waals surface area (Å²) in [5, 5.41) is 8.35. The lowest BCUT2D eigenvalue weighted by Crippen LogP contribution is -2.43. The molecular formula is C19H28N4O2. The molecule has 1 saturated heterocycles. The third kappa shape index (κ3) is 5.37. The van der Waals surface area contributed by atoms with Gasteiger partial charge in [0.1, 0.15) is 0 Å². The molecular weight excluding hydrogens is 316 g/mol. The summed E-state index contributed by atoms with van der Waals surface area (Å²) >= 11 is 0. The molecule has 0 bridgehead atoms. The number of nitrogens with zero attached hydrogens (tertiary/aromatic N) is 1. The van der Waals surface area contributed by atoms with Crippen molar-refractivity contribution in [3.63, 3.8) is 0 Å². The Balaban J connectivity index is 1.40. The van der Waals surface area contributed by atoms with E-state index < -0.39 is 0 Å². The summed E-state index contributed by atoms with van der Waals surface area (Å²) in [7, 11) is 0. The normalized spacial score (nSPS) is 18.0. The van der Waals surface area contributed by atoms with Crippen LogP contribution in [0.25, 0.3) is 0 Å². The molecule has 0 unspecified atom stereocenters. The minimum absolute atomic E-state index is 0.0214. The topological polar surface area (TPSA) is 73.5 Å². The summed E-state index contributed by atoms with van der Waals surface area (Å²) < 4.78 is 0. The first-order valence-corrected chi connectivity index (χ1v) is 9.40. The molecule has 136 valence electrons. The summed E-state index contributed by atoms with van der Waals surface area (Å²) in [5.41, 5.74) is 1.95. The number of rotatable bonds is 5. The predicted octanol–water partition coefficient (Wildman–Crippen LogP) is 2.86. The number of carbonyl (C=O) groups is 2. The number of hydrogen-bond acceptors (Lipinski definition) is 3. The number of piperidine rings is 1. The summed E-state index contributed by atoms with van der Waals surface area (Å²) in [4.78, 5) is 26.1. The van der Waals surface area contributed by atoms with Gasteiger partial charge in [-0.25, -0.2) is 4.79 Å². The number of hydrogen-bond donors (Lipinski definition) is 3. The van der Waals surface area contributed by atoms with Gasteiger partial charge in [0.2, 0.25) is 5.91 Å². The molecule has 3 N–H and O–H groups in total. The molecule has 0 spiro atoms. The summed E-state index contributed by atoms with van der Waals surface area (Å²) in [5.74, 6) is -0.215.